The first kappa shape index (κ1) is 23.6. The summed E-state index contributed by atoms with van der Waals surface area (Å²) in [5.74, 6) is 1.98. The third-order valence-electron chi connectivity index (χ3n) is 8.21. The Morgan fingerprint density at radius 2 is 0.946 bits per heavy atom. The number of methoxy groups -OCH3 is 2. The maximum absolute atomic E-state index is 5.83. The van der Waals surface area contributed by atoms with Crippen LogP contribution in [-0.4, -0.2) is 22.3 Å². The molecule has 0 unspecified atom stereocenters. The zero-order valence-corrected chi connectivity index (χ0v) is 23.0. The van der Waals surface area contributed by atoms with Gasteiger partial charge in [-0.2, -0.15) is 0 Å². The average molecular weight is 501 g/mol. The van der Waals surface area contributed by atoms with E-state index in [0.29, 0.717) is 0 Å². The van der Waals surface area contributed by atoms with E-state index in [0.717, 1.165) is 24.3 Å². The monoisotopic (exact) mass is 500 g/mol. The van der Waals surface area contributed by atoms with Gasteiger partial charge in [-0.1, -0.05) is 108 Å². The molecule has 0 amide bonds. The van der Waals surface area contributed by atoms with Crippen LogP contribution < -0.4 is 9.47 Å². The molecule has 2 nitrogen and oxygen atoms in total. The lowest BCUT2D eigenvalue weighted by molar-refractivity contribution is 0.411. The van der Waals surface area contributed by atoms with Crippen LogP contribution in [0.3, 0.4) is 0 Å². The molecule has 0 spiro atoms. The molecule has 0 aliphatic heterocycles. The molecule has 4 aromatic rings. The normalized spacial score (nSPS) is 14.1. The van der Waals surface area contributed by atoms with E-state index < -0.39 is 8.07 Å². The third kappa shape index (κ3) is 3.95. The molecule has 0 saturated heterocycles. The van der Waals surface area contributed by atoms with Crippen molar-refractivity contribution in [1.29, 1.82) is 0 Å². The summed E-state index contributed by atoms with van der Waals surface area (Å²) in [4.78, 5) is 0. The molecule has 0 radical (unpaired) electrons. The molecule has 3 heteroatoms. The van der Waals surface area contributed by atoms with Gasteiger partial charge in [-0.25, -0.2) is 0 Å². The highest BCUT2D eigenvalue weighted by Gasteiger charge is 2.38. The van der Waals surface area contributed by atoms with Crippen molar-refractivity contribution in [2.75, 3.05) is 14.2 Å². The zero-order valence-electron chi connectivity index (χ0n) is 22.0. The fraction of sp³-hybridized carbons (Fsp3) is 0.176. The highest BCUT2D eigenvalue weighted by atomic mass is 28.3. The summed E-state index contributed by atoms with van der Waals surface area (Å²) in [5.41, 5.74) is 10.3. The Kier molecular flexibility index (Phi) is 5.89. The van der Waals surface area contributed by atoms with Gasteiger partial charge in [0.2, 0.25) is 0 Å². The van der Waals surface area contributed by atoms with Crippen LogP contribution in [0.2, 0.25) is 13.1 Å². The molecule has 37 heavy (non-hydrogen) atoms. The minimum absolute atomic E-state index is 0.953. The van der Waals surface area contributed by atoms with Crippen molar-refractivity contribution >= 4 is 20.2 Å². The van der Waals surface area contributed by atoms with Crippen molar-refractivity contribution in [3.05, 3.63) is 118 Å². The van der Waals surface area contributed by atoms with Gasteiger partial charge >= 0.3 is 0 Å². The first-order valence-electron chi connectivity index (χ1n) is 12.9. The molecule has 2 aliphatic carbocycles. The molecule has 0 aromatic heterocycles. The van der Waals surface area contributed by atoms with E-state index in [1.165, 1.54) is 44.5 Å². The smallest absolute Gasteiger partial charge is 0.123 e. The first-order valence-corrected chi connectivity index (χ1v) is 15.9. The van der Waals surface area contributed by atoms with E-state index in [4.69, 9.17) is 9.47 Å². The average Bonchev–Trinajstić information content (AvgIpc) is 3.60. The molecule has 2 aliphatic rings. The molecule has 0 bridgehead atoms. The highest BCUT2D eigenvalue weighted by molar-refractivity contribution is 6.92. The van der Waals surface area contributed by atoms with E-state index in [2.05, 4.69) is 110 Å². The second kappa shape index (κ2) is 9.24. The Morgan fingerprint density at radius 3 is 1.32 bits per heavy atom. The van der Waals surface area contributed by atoms with Crippen LogP contribution in [-0.2, 0) is 12.8 Å². The second-order valence-corrected chi connectivity index (χ2v) is 15.0. The van der Waals surface area contributed by atoms with Gasteiger partial charge in [-0.15, -0.1) is 0 Å². The standard InChI is InChI=1S/C34H32O2Si/c1-35-33-17-15-27(23-11-7-5-8-12-23)29-19-25(21-31(29)33)37(3,4)26-20-30-28(24-13-9-6-10-14-24)16-18-34(36-2)32(30)22-26/h5-20H,21-22H2,1-4H3. The van der Waals surface area contributed by atoms with E-state index in [1.54, 1.807) is 24.6 Å². The summed E-state index contributed by atoms with van der Waals surface area (Å²) in [6, 6.07) is 30.1. The number of benzene rings is 4. The number of fused-ring (bicyclic) bond motifs is 2. The van der Waals surface area contributed by atoms with Crippen LogP contribution in [0.1, 0.15) is 22.3 Å². The number of ether oxygens (including phenoxy) is 2. The summed E-state index contributed by atoms with van der Waals surface area (Å²) in [7, 11) is 1.63. The summed E-state index contributed by atoms with van der Waals surface area (Å²) in [6.45, 7) is 5.01. The van der Waals surface area contributed by atoms with Crippen LogP contribution in [0.25, 0.3) is 34.4 Å². The molecule has 0 heterocycles. The number of hydrogen-bond acceptors (Lipinski definition) is 2. The first-order chi connectivity index (χ1) is 18.0. The van der Waals surface area contributed by atoms with Crippen molar-refractivity contribution in [3.8, 4) is 33.8 Å². The van der Waals surface area contributed by atoms with Gasteiger partial charge in [0, 0.05) is 11.1 Å². The van der Waals surface area contributed by atoms with E-state index in [1.807, 2.05) is 0 Å². The molecule has 0 saturated carbocycles. The fourth-order valence-corrected chi connectivity index (χ4v) is 8.61. The van der Waals surface area contributed by atoms with Crippen molar-refractivity contribution in [1.82, 2.24) is 0 Å². The lowest BCUT2D eigenvalue weighted by atomic mass is 9.96. The Labute approximate surface area is 220 Å². The topological polar surface area (TPSA) is 18.5 Å². The van der Waals surface area contributed by atoms with E-state index in [9.17, 15) is 0 Å². The lowest BCUT2D eigenvalue weighted by Gasteiger charge is -2.26. The summed E-state index contributed by atoms with van der Waals surface area (Å²) in [6.07, 6.45) is 6.86. The summed E-state index contributed by atoms with van der Waals surface area (Å²) < 4.78 is 11.7. The molecule has 0 N–H and O–H groups in total. The van der Waals surface area contributed by atoms with Gasteiger partial charge in [0.25, 0.3) is 0 Å². The summed E-state index contributed by atoms with van der Waals surface area (Å²) in [5, 5.41) is 3.12. The predicted octanol–water partition coefficient (Wildman–Crippen LogP) is 8.40. The minimum atomic E-state index is -1.94. The molecule has 0 atom stereocenters. The van der Waals surface area contributed by atoms with Crippen molar-refractivity contribution in [3.63, 3.8) is 0 Å². The van der Waals surface area contributed by atoms with Gasteiger partial charge in [0.1, 0.15) is 19.6 Å². The minimum Gasteiger partial charge on any atom is -0.496 e. The maximum Gasteiger partial charge on any atom is 0.123 e. The predicted molar refractivity (Wildman–Crippen MR) is 158 cm³/mol. The fourth-order valence-electron chi connectivity index (χ4n) is 5.95. The van der Waals surface area contributed by atoms with Crippen LogP contribution in [0, 0.1) is 0 Å². The Hall–Kier alpha value is -3.82. The largest absolute Gasteiger partial charge is 0.496 e. The quantitative estimate of drug-likeness (QED) is 0.247. The molecule has 184 valence electrons. The number of hydrogen-bond donors (Lipinski definition) is 0. The molecular formula is C34H32O2Si. The van der Waals surface area contributed by atoms with Crippen LogP contribution in [0.15, 0.2) is 95.3 Å². The van der Waals surface area contributed by atoms with Gasteiger partial charge in [-0.05, 0) is 58.4 Å². The molecule has 0 fully saturated rings. The molecule has 6 rings (SSSR count). The van der Waals surface area contributed by atoms with Crippen LogP contribution >= 0.6 is 0 Å². The maximum atomic E-state index is 5.83. The highest BCUT2D eigenvalue weighted by Crippen LogP contribution is 2.47. The molecule has 4 aromatic carbocycles. The van der Waals surface area contributed by atoms with Crippen molar-refractivity contribution in [2.24, 2.45) is 0 Å². The van der Waals surface area contributed by atoms with Gasteiger partial charge in [0.05, 0.1) is 14.2 Å². The zero-order chi connectivity index (χ0) is 25.6. The Morgan fingerprint density at radius 1 is 0.541 bits per heavy atom. The van der Waals surface area contributed by atoms with E-state index in [-0.39, 0.29) is 0 Å². The number of allylic oxidation sites excluding steroid dienone is 2. The SMILES string of the molecule is COc1ccc(-c2ccccc2)c2c1CC([Si](C)(C)C1=Cc3c(-c4ccccc4)ccc(OC)c3C1)=C2. The Balaban J connectivity index is 1.43. The van der Waals surface area contributed by atoms with Crippen LogP contribution in [0.4, 0.5) is 0 Å². The van der Waals surface area contributed by atoms with E-state index >= 15 is 0 Å². The van der Waals surface area contributed by atoms with Gasteiger partial charge < -0.3 is 9.47 Å². The van der Waals surface area contributed by atoms with Gasteiger partial charge in [-0.3, -0.25) is 0 Å². The third-order valence-corrected chi connectivity index (χ3v) is 12.1. The van der Waals surface area contributed by atoms with Crippen molar-refractivity contribution in [2.45, 2.75) is 25.9 Å². The van der Waals surface area contributed by atoms with Gasteiger partial charge in [0.15, 0.2) is 0 Å². The number of rotatable bonds is 6. The second-order valence-electron chi connectivity index (χ2n) is 10.5. The lowest BCUT2D eigenvalue weighted by Crippen LogP contribution is -2.32. The van der Waals surface area contributed by atoms with Crippen LogP contribution in [0.5, 0.6) is 11.5 Å². The summed E-state index contributed by atoms with van der Waals surface area (Å²) >= 11 is 0. The molecular weight excluding hydrogens is 468 g/mol. The Bertz CT molecular complexity index is 1430. The van der Waals surface area contributed by atoms with Crippen molar-refractivity contribution < 1.29 is 9.47 Å².